The number of nitrogens with one attached hydrogen (secondary N) is 1. The molecule has 1 fully saturated rings. The van der Waals surface area contributed by atoms with Crippen molar-refractivity contribution >= 4 is 17.5 Å². The highest BCUT2D eigenvalue weighted by Crippen LogP contribution is 2.23. The number of rotatable bonds is 7. The van der Waals surface area contributed by atoms with Crippen molar-refractivity contribution in [3.8, 4) is 11.8 Å². The molecule has 1 amide bonds. The zero-order chi connectivity index (χ0) is 22.7. The van der Waals surface area contributed by atoms with E-state index in [0.717, 1.165) is 11.3 Å². The second kappa shape index (κ2) is 9.39. The normalized spacial score (nSPS) is 15.8. The van der Waals surface area contributed by atoms with Gasteiger partial charge in [-0.2, -0.15) is 5.26 Å². The lowest BCUT2D eigenvalue weighted by Crippen LogP contribution is -2.38. The second-order valence-corrected chi connectivity index (χ2v) is 8.17. The van der Waals surface area contributed by atoms with Crippen LogP contribution in [0.5, 0.6) is 5.75 Å². The molecule has 2 heterocycles. The average molecular weight is 454 g/mol. The van der Waals surface area contributed by atoms with Crippen LogP contribution >= 0.6 is 11.6 Å². The van der Waals surface area contributed by atoms with Crippen LogP contribution in [-0.4, -0.2) is 38.1 Å². The van der Waals surface area contributed by atoms with Gasteiger partial charge >= 0.3 is 0 Å². The summed E-state index contributed by atoms with van der Waals surface area (Å²) in [4.78, 5) is 18.7. The number of nitrogens with zero attached hydrogens (tertiary/aromatic N) is 4. The molecule has 3 aromatic rings. The van der Waals surface area contributed by atoms with Crippen LogP contribution < -0.4 is 5.32 Å². The Kier molecular flexibility index (Phi) is 6.40. The summed E-state index contributed by atoms with van der Waals surface area (Å²) in [6.07, 6.45) is 4.03. The van der Waals surface area contributed by atoms with E-state index >= 15 is 0 Å². The van der Waals surface area contributed by atoms with Crippen molar-refractivity contribution in [2.75, 3.05) is 6.54 Å². The highest BCUT2D eigenvalue weighted by Gasteiger charge is 2.31. The van der Waals surface area contributed by atoms with E-state index in [-0.39, 0.29) is 23.3 Å². The fraction of sp³-hybridized carbons (Fsp3) is 0.261. The molecule has 1 saturated heterocycles. The molecular weight excluding hydrogens is 433 g/mol. The van der Waals surface area contributed by atoms with E-state index in [9.17, 15) is 14.3 Å². The van der Waals surface area contributed by atoms with Crippen molar-refractivity contribution in [3.63, 3.8) is 0 Å². The number of nitriles is 1. The largest absolute Gasteiger partial charge is 0.508 e. The number of hydrogen-bond donors (Lipinski definition) is 2. The van der Waals surface area contributed by atoms with E-state index < -0.39 is 5.82 Å². The molecule has 1 aliphatic rings. The van der Waals surface area contributed by atoms with Gasteiger partial charge in [0.05, 0.1) is 23.6 Å². The van der Waals surface area contributed by atoms with Crippen LogP contribution in [0.4, 0.5) is 4.39 Å². The van der Waals surface area contributed by atoms with Gasteiger partial charge in [0.25, 0.3) is 0 Å². The first-order valence-corrected chi connectivity index (χ1v) is 10.5. The van der Waals surface area contributed by atoms with E-state index in [4.69, 9.17) is 16.9 Å². The average Bonchev–Trinajstić information content (AvgIpc) is 3.32. The maximum Gasteiger partial charge on any atom is 0.240 e. The second-order valence-electron chi connectivity index (χ2n) is 7.74. The number of aromatic hydroxyl groups is 1. The van der Waals surface area contributed by atoms with Crippen LogP contribution in [0.1, 0.15) is 28.8 Å². The fourth-order valence-electron chi connectivity index (χ4n) is 3.84. The summed E-state index contributed by atoms with van der Waals surface area (Å²) in [6, 6.07) is 10.8. The van der Waals surface area contributed by atoms with Gasteiger partial charge in [-0.1, -0.05) is 17.7 Å². The van der Waals surface area contributed by atoms with Gasteiger partial charge < -0.3 is 19.9 Å². The van der Waals surface area contributed by atoms with E-state index in [0.29, 0.717) is 43.2 Å². The van der Waals surface area contributed by atoms with Crippen molar-refractivity contribution in [3.05, 3.63) is 82.1 Å². The lowest BCUT2D eigenvalue weighted by Gasteiger charge is -2.18. The molecule has 0 saturated carbocycles. The van der Waals surface area contributed by atoms with Gasteiger partial charge in [-0.05, 0) is 47.9 Å². The van der Waals surface area contributed by atoms with Crippen LogP contribution in [0.3, 0.4) is 0 Å². The predicted molar refractivity (Wildman–Crippen MR) is 116 cm³/mol. The smallest absolute Gasteiger partial charge is 0.240 e. The number of imidazole rings is 1. The molecule has 164 valence electrons. The first kappa shape index (κ1) is 21.8. The Labute approximate surface area is 189 Å². The third-order valence-corrected chi connectivity index (χ3v) is 5.67. The number of amides is 1. The summed E-state index contributed by atoms with van der Waals surface area (Å²) in [7, 11) is 0. The molecule has 2 aromatic carbocycles. The quantitative estimate of drug-likeness (QED) is 0.573. The number of phenolic OH excluding ortho intramolecular Hbond substituents is 1. The molecule has 7 nitrogen and oxygen atoms in total. The Morgan fingerprint density at radius 3 is 2.84 bits per heavy atom. The zero-order valence-electron chi connectivity index (χ0n) is 17.1. The highest BCUT2D eigenvalue weighted by molar-refractivity contribution is 6.30. The zero-order valence-corrected chi connectivity index (χ0v) is 17.9. The van der Waals surface area contributed by atoms with E-state index in [1.165, 1.54) is 18.2 Å². The standard InChI is InChI=1S/C23H21ClFN5O2/c24-18-5-16(6-20(31)8-18)13-29-4-3-22(23(29)32)28-11-19-10-27-14-30(19)12-15-1-2-17(9-26)21(25)7-15/h1-2,5-8,10,14,22,28,31H,3-4,11-13H2/t22-/m1/s1. The summed E-state index contributed by atoms with van der Waals surface area (Å²) < 4.78 is 15.8. The molecule has 0 aliphatic carbocycles. The Hall–Kier alpha value is -3.41. The molecule has 2 N–H and O–H groups in total. The highest BCUT2D eigenvalue weighted by atomic mass is 35.5. The molecule has 0 spiro atoms. The van der Waals surface area contributed by atoms with Crippen LogP contribution in [-0.2, 0) is 24.4 Å². The number of aromatic nitrogens is 2. The first-order chi connectivity index (χ1) is 15.4. The number of likely N-dealkylation sites (tertiary alicyclic amines) is 1. The molecular formula is C23H21ClFN5O2. The fourth-order valence-corrected chi connectivity index (χ4v) is 4.09. The lowest BCUT2D eigenvalue weighted by atomic mass is 10.1. The summed E-state index contributed by atoms with van der Waals surface area (Å²) in [6.45, 7) is 1.82. The van der Waals surface area contributed by atoms with Crippen LogP contribution in [0.2, 0.25) is 5.02 Å². The molecule has 1 aliphatic heterocycles. The van der Waals surface area contributed by atoms with Gasteiger partial charge in [0.1, 0.15) is 17.6 Å². The first-order valence-electron chi connectivity index (χ1n) is 10.1. The molecule has 1 aromatic heterocycles. The van der Waals surface area contributed by atoms with E-state index in [2.05, 4.69) is 10.3 Å². The monoisotopic (exact) mass is 453 g/mol. The third-order valence-electron chi connectivity index (χ3n) is 5.45. The van der Waals surface area contributed by atoms with Crippen molar-refractivity contribution in [1.29, 1.82) is 5.26 Å². The van der Waals surface area contributed by atoms with Crippen molar-refractivity contribution in [1.82, 2.24) is 19.8 Å². The van der Waals surface area contributed by atoms with Gasteiger partial charge in [-0.3, -0.25) is 4.79 Å². The number of benzene rings is 2. The minimum atomic E-state index is -0.547. The van der Waals surface area contributed by atoms with Crippen LogP contribution in [0.15, 0.2) is 48.9 Å². The molecule has 32 heavy (non-hydrogen) atoms. The predicted octanol–water partition coefficient (Wildman–Crippen LogP) is 3.19. The maximum atomic E-state index is 13.9. The summed E-state index contributed by atoms with van der Waals surface area (Å²) in [5.74, 6) is -0.483. The van der Waals surface area contributed by atoms with Gasteiger partial charge in [-0.25, -0.2) is 9.37 Å². The number of carbonyl (C=O) groups excluding carboxylic acids is 1. The van der Waals surface area contributed by atoms with Gasteiger partial charge in [-0.15, -0.1) is 0 Å². The maximum absolute atomic E-state index is 13.9. The van der Waals surface area contributed by atoms with Crippen LogP contribution in [0.25, 0.3) is 0 Å². The minimum absolute atomic E-state index is 0.00954. The Morgan fingerprint density at radius 1 is 1.25 bits per heavy atom. The molecule has 1 atom stereocenters. The number of hydrogen-bond acceptors (Lipinski definition) is 5. The van der Waals surface area contributed by atoms with Crippen molar-refractivity contribution in [2.45, 2.75) is 32.1 Å². The van der Waals surface area contributed by atoms with E-state index in [1.54, 1.807) is 35.6 Å². The molecule has 0 radical (unpaired) electrons. The summed E-state index contributed by atoms with van der Waals surface area (Å²) >= 11 is 5.98. The van der Waals surface area contributed by atoms with Crippen molar-refractivity contribution in [2.24, 2.45) is 0 Å². The number of carbonyl (C=O) groups is 1. The van der Waals surface area contributed by atoms with E-state index in [1.807, 2.05) is 10.6 Å². The van der Waals surface area contributed by atoms with Gasteiger partial charge in [0, 0.05) is 37.4 Å². The lowest BCUT2D eigenvalue weighted by molar-refractivity contribution is -0.129. The summed E-state index contributed by atoms with van der Waals surface area (Å²) in [5, 5.41) is 22.3. The minimum Gasteiger partial charge on any atom is -0.508 e. The van der Waals surface area contributed by atoms with Gasteiger partial charge in [0.2, 0.25) is 5.91 Å². The Balaban J connectivity index is 1.36. The SMILES string of the molecule is N#Cc1ccc(Cn2cncc2CN[C@@H]2CCN(Cc3cc(O)cc(Cl)c3)C2=O)cc1F. The molecule has 4 rings (SSSR count). The Bertz CT molecular complexity index is 1170. The topological polar surface area (TPSA) is 94.2 Å². The number of phenols is 1. The third kappa shape index (κ3) is 4.90. The molecule has 0 bridgehead atoms. The summed E-state index contributed by atoms with van der Waals surface area (Å²) in [5.41, 5.74) is 2.37. The molecule has 9 heteroatoms. The van der Waals surface area contributed by atoms with Crippen LogP contribution in [0, 0.1) is 17.1 Å². The number of halogens is 2. The van der Waals surface area contributed by atoms with Crippen molar-refractivity contribution < 1.29 is 14.3 Å². The molecule has 0 unspecified atom stereocenters. The Morgan fingerprint density at radius 2 is 2.09 bits per heavy atom. The van der Waals surface area contributed by atoms with Gasteiger partial charge in [0.15, 0.2) is 0 Å².